The fourth-order valence-corrected chi connectivity index (χ4v) is 3.71. The number of rotatable bonds is 3. The van der Waals surface area contributed by atoms with Gasteiger partial charge < -0.3 is 5.11 Å². The molecule has 0 amide bonds. The summed E-state index contributed by atoms with van der Waals surface area (Å²) in [5, 5.41) is 10.8. The number of carboxylic acids is 1. The van der Waals surface area contributed by atoms with E-state index in [0.717, 1.165) is 18.4 Å². The van der Waals surface area contributed by atoms with Gasteiger partial charge in [-0.05, 0) is 61.3 Å². The van der Waals surface area contributed by atoms with Gasteiger partial charge in [-0.2, -0.15) is 0 Å². The molecule has 0 saturated heterocycles. The van der Waals surface area contributed by atoms with Crippen molar-refractivity contribution >= 4 is 29.2 Å². The highest BCUT2D eigenvalue weighted by atomic mass is 35.5. The molecular weight excluding hydrogens is 271 g/mol. The molecule has 2 aliphatic carbocycles. The Bertz CT molecular complexity index is 503. The third kappa shape index (κ3) is 2.02. The minimum Gasteiger partial charge on any atom is -0.481 e. The second-order valence-corrected chi connectivity index (χ2v) is 6.51. The summed E-state index contributed by atoms with van der Waals surface area (Å²) in [6, 6.07) is 5.26. The third-order valence-electron chi connectivity index (χ3n) is 4.37. The summed E-state index contributed by atoms with van der Waals surface area (Å²) in [7, 11) is 0. The number of carboxylic acid groups (broad SMARTS) is 1. The van der Waals surface area contributed by atoms with Gasteiger partial charge in [-0.3, -0.25) is 4.79 Å². The van der Waals surface area contributed by atoms with E-state index < -0.39 is 11.4 Å². The Kier molecular flexibility index (Phi) is 2.83. The summed E-state index contributed by atoms with van der Waals surface area (Å²) in [5.41, 5.74) is 0.231. The minimum atomic E-state index is -0.689. The molecule has 1 aromatic rings. The minimum absolute atomic E-state index is 0.495. The second kappa shape index (κ2) is 4.14. The molecule has 0 heterocycles. The molecule has 0 bridgehead atoms. The van der Waals surface area contributed by atoms with Crippen LogP contribution in [0.25, 0.3) is 0 Å². The van der Waals surface area contributed by atoms with Gasteiger partial charge in [-0.1, -0.05) is 23.2 Å². The van der Waals surface area contributed by atoms with E-state index in [-0.39, 0.29) is 0 Å². The zero-order valence-electron chi connectivity index (χ0n) is 9.83. The lowest BCUT2D eigenvalue weighted by molar-refractivity contribution is -0.149. The van der Waals surface area contributed by atoms with Crippen LogP contribution >= 0.6 is 23.2 Å². The van der Waals surface area contributed by atoms with Crippen molar-refractivity contribution in [3.05, 3.63) is 33.8 Å². The second-order valence-electron chi connectivity index (χ2n) is 5.66. The lowest BCUT2D eigenvalue weighted by Crippen LogP contribution is -2.32. The average Bonchev–Trinajstić information content (AvgIpc) is 2.92. The number of hydrogen-bond donors (Lipinski definition) is 1. The lowest BCUT2D eigenvalue weighted by Gasteiger charge is -2.26. The van der Waals surface area contributed by atoms with Crippen LogP contribution in [-0.4, -0.2) is 11.1 Å². The molecule has 2 fully saturated rings. The molecule has 0 aromatic heterocycles. The zero-order chi connectivity index (χ0) is 12.9. The molecule has 18 heavy (non-hydrogen) atoms. The van der Waals surface area contributed by atoms with Crippen molar-refractivity contribution in [3.8, 4) is 0 Å². The van der Waals surface area contributed by atoms with E-state index in [9.17, 15) is 9.90 Å². The van der Waals surface area contributed by atoms with Crippen LogP contribution in [0.5, 0.6) is 0 Å². The van der Waals surface area contributed by atoms with Crippen molar-refractivity contribution < 1.29 is 9.90 Å². The van der Waals surface area contributed by atoms with Crippen molar-refractivity contribution in [1.29, 1.82) is 0 Å². The smallest absolute Gasteiger partial charge is 0.309 e. The van der Waals surface area contributed by atoms with Gasteiger partial charge in [0.1, 0.15) is 0 Å². The van der Waals surface area contributed by atoms with E-state index in [1.807, 2.05) is 0 Å². The monoisotopic (exact) mass is 284 g/mol. The molecule has 2 aliphatic rings. The summed E-state index contributed by atoms with van der Waals surface area (Å²) in [4.78, 5) is 11.6. The highest BCUT2D eigenvalue weighted by molar-refractivity contribution is 6.33. The maximum Gasteiger partial charge on any atom is 0.309 e. The lowest BCUT2D eigenvalue weighted by atomic mass is 9.77. The van der Waals surface area contributed by atoms with E-state index in [1.54, 1.807) is 18.2 Å². The van der Waals surface area contributed by atoms with Crippen LogP contribution in [0.2, 0.25) is 10.0 Å². The van der Waals surface area contributed by atoms with Gasteiger partial charge in [0, 0.05) is 10.0 Å². The number of fused-ring (bicyclic) bond motifs is 1. The molecule has 3 rings (SSSR count). The summed E-state index contributed by atoms with van der Waals surface area (Å²) >= 11 is 12.1. The summed E-state index contributed by atoms with van der Waals surface area (Å²) in [6.45, 7) is 0. The van der Waals surface area contributed by atoms with Gasteiger partial charge in [0.15, 0.2) is 0 Å². The normalized spacial score (nSPS) is 33.2. The Morgan fingerprint density at radius 3 is 2.61 bits per heavy atom. The number of halogens is 2. The first-order chi connectivity index (χ1) is 8.50. The molecular formula is C14H14Cl2O2. The maximum absolute atomic E-state index is 11.6. The first-order valence-corrected chi connectivity index (χ1v) is 6.93. The van der Waals surface area contributed by atoms with Gasteiger partial charge >= 0.3 is 5.97 Å². The topological polar surface area (TPSA) is 37.3 Å². The largest absolute Gasteiger partial charge is 0.481 e. The predicted octanol–water partition coefficient (Wildman–Crippen LogP) is 4.04. The van der Waals surface area contributed by atoms with Crippen LogP contribution in [0, 0.1) is 17.3 Å². The van der Waals surface area contributed by atoms with Crippen molar-refractivity contribution in [3.63, 3.8) is 0 Å². The Balaban J connectivity index is 1.89. The summed E-state index contributed by atoms with van der Waals surface area (Å²) < 4.78 is 0. The average molecular weight is 285 g/mol. The molecule has 2 nitrogen and oxygen atoms in total. The molecule has 2 unspecified atom stereocenters. The third-order valence-corrected chi connectivity index (χ3v) is 4.97. The van der Waals surface area contributed by atoms with E-state index in [4.69, 9.17) is 23.2 Å². The number of carbonyl (C=O) groups is 1. The van der Waals surface area contributed by atoms with E-state index in [1.165, 1.54) is 6.42 Å². The molecule has 0 radical (unpaired) electrons. The van der Waals surface area contributed by atoms with Crippen molar-refractivity contribution in [2.24, 2.45) is 17.3 Å². The first kappa shape index (κ1) is 12.3. The predicted molar refractivity (Wildman–Crippen MR) is 71.1 cm³/mol. The Hall–Kier alpha value is -0.730. The van der Waals surface area contributed by atoms with Crippen LogP contribution in [0.4, 0.5) is 0 Å². The standard InChI is InChI=1S/C14H14Cl2O2/c15-11-1-2-12(16)10(4-11)7-14(13(17)18)5-8-3-9(8)6-14/h1-2,4,8-9H,3,5-7H2,(H,17,18). The molecule has 1 aromatic carbocycles. The van der Waals surface area contributed by atoms with Gasteiger partial charge in [0.05, 0.1) is 5.41 Å². The van der Waals surface area contributed by atoms with Gasteiger partial charge in [-0.25, -0.2) is 0 Å². The van der Waals surface area contributed by atoms with Crippen LogP contribution in [-0.2, 0) is 11.2 Å². The highest BCUT2D eigenvalue weighted by Gasteiger charge is 2.57. The molecule has 1 N–H and O–H groups in total. The van der Waals surface area contributed by atoms with Gasteiger partial charge in [-0.15, -0.1) is 0 Å². The maximum atomic E-state index is 11.6. The van der Waals surface area contributed by atoms with Crippen LogP contribution in [0.1, 0.15) is 24.8 Å². The molecule has 0 spiro atoms. The van der Waals surface area contributed by atoms with Crippen LogP contribution in [0.3, 0.4) is 0 Å². The van der Waals surface area contributed by atoms with Crippen molar-refractivity contribution in [1.82, 2.24) is 0 Å². The molecule has 2 atom stereocenters. The van der Waals surface area contributed by atoms with E-state index in [0.29, 0.717) is 28.3 Å². The Morgan fingerprint density at radius 1 is 1.33 bits per heavy atom. The van der Waals surface area contributed by atoms with Crippen LogP contribution in [0.15, 0.2) is 18.2 Å². The fraction of sp³-hybridized carbons (Fsp3) is 0.500. The highest BCUT2D eigenvalue weighted by Crippen LogP contribution is 2.61. The van der Waals surface area contributed by atoms with Gasteiger partial charge in [0.25, 0.3) is 0 Å². The zero-order valence-corrected chi connectivity index (χ0v) is 11.3. The summed E-state index contributed by atoms with van der Waals surface area (Å²) in [6.07, 6.45) is 3.28. The molecule has 4 heteroatoms. The number of aliphatic carboxylic acids is 1. The fourth-order valence-electron chi connectivity index (χ4n) is 3.34. The molecule has 0 aliphatic heterocycles. The molecule has 2 saturated carbocycles. The van der Waals surface area contributed by atoms with Gasteiger partial charge in [0.2, 0.25) is 0 Å². The Labute approximate surface area is 116 Å². The SMILES string of the molecule is O=C(O)C1(Cc2cc(Cl)ccc2Cl)CC2CC2C1. The first-order valence-electron chi connectivity index (χ1n) is 6.17. The number of hydrogen-bond acceptors (Lipinski definition) is 1. The van der Waals surface area contributed by atoms with E-state index in [2.05, 4.69) is 0 Å². The molecule has 96 valence electrons. The summed E-state index contributed by atoms with van der Waals surface area (Å²) in [5.74, 6) is 0.559. The quantitative estimate of drug-likeness (QED) is 0.910. The van der Waals surface area contributed by atoms with Crippen LogP contribution < -0.4 is 0 Å². The van der Waals surface area contributed by atoms with E-state index >= 15 is 0 Å². The number of benzene rings is 1. The Morgan fingerprint density at radius 2 is 2.00 bits per heavy atom. The van der Waals surface area contributed by atoms with Crippen molar-refractivity contribution in [2.75, 3.05) is 0 Å². The van der Waals surface area contributed by atoms with Crippen molar-refractivity contribution in [2.45, 2.75) is 25.7 Å².